The molecular formula is C12H11NO3. The predicted molar refractivity (Wildman–Crippen MR) is 61.0 cm³/mol. The molecule has 16 heavy (non-hydrogen) atoms. The Morgan fingerprint density at radius 1 is 1.38 bits per heavy atom. The van der Waals surface area contributed by atoms with Gasteiger partial charge in [0, 0.05) is 5.39 Å². The van der Waals surface area contributed by atoms with Crippen LogP contribution in [-0.2, 0) is 0 Å². The Kier molecular flexibility index (Phi) is 2.27. The lowest BCUT2D eigenvalue weighted by molar-refractivity contribution is 0.101. The van der Waals surface area contributed by atoms with E-state index in [4.69, 9.17) is 0 Å². The van der Waals surface area contributed by atoms with Gasteiger partial charge in [-0.2, -0.15) is 0 Å². The van der Waals surface area contributed by atoms with Crippen molar-refractivity contribution in [2.75, 3.05) is 0 Å². The number of hydrogen-bond acceptors (Lipinski definition) is 3. The van der Waals surface area contributed by atoms with Crippen molar-refractivity contribution in [2.45, 2.75) is 13.8 Å². The standard InChI is InChI=1S/C12H11NO3/c1-6-3-4-9-8(5-6)11(15)10(7(2)14)12(16)13-9/h3-5H,1-2H3,(H2,13,15,16). The molecule has 4 nitrogen and oxygen atoms in total. The summed E-state index contributed by atoms with van der Waals surface area (Å²) in [5.41, 5.74) is 0.738. The quantitative estimate of drug-likeness (QED) is 0.715. The molecule has 2 N–H and O–H groups in total. The highest BCUT2D eigenvalue weighted by Crippen LogP contribution is 2.25. The molecule has 0 saturated carbocycles. The number of Topliss-reactive ketones (excluding diaryl/α,β-unsaturated/α-hetero) is 1. The number of aromatic hydroxyl groups is 1. The molecule has 0 aliphatic carbocycles. The normalized spacial score (nSPS) is 10.6. The summed E-state index contributed by atoms with van der Waals surface area (Å²) in [5.74, 6) is -0.683. The lowest BCUT2D eigenvalue weighted by Crippen LogP contribution is -2.16. The van der Waals surface area contributed by atoms with Crippen LogP contribution in [0.2, 0.25) is 0 Å². The van der Waals surface area contributed by atoms with Gasteiger partial charge < -0.3 is 10.1 Å². The molecule has 82 valence electrons. The van der Waals surface area contributed by atoms with Crippen LogP contribution in [0.4, 0.5) is 0 Å². The van der Waals surface area contributed by atoms with Crippen molar-refractivity contribution in [1.82, 2.24) is 4.98 Å². The first-order valence-electron chi connectivity index (χ1n) is 4.87. The predicted octanol–water partition coefficient (Wildman–Crippen LogP) is 1.74. The second kappa shape index (κ2) is 3.48. The number of nitrogens with one attached hydrogen (secondary N) is 1. The smallest absolute Gasteiger partial charge is 0.263 e. The van der Waals surface area contributed by atoms with E-state index in [0.717, 1.165) is 5.56 Å². The van der Waals surface area contributed by atoms with Gasteiger partial charge in [0.15, 0.2) is 5.78 Å². The molecule has 1 heterocycles. The Morgan fingerprint density at radius 2 is 2.06 bits per heavy atom. The summed E-state index contributed by atoms with van der Waals surface area (Å²) in [6.45, 7) is 3.13. The molecule has 4 heteroatoms. The van der Waals surface area contributed by atoms with Crippen molar-refractivity contribution in [3.05, 3.63) is 39.7 Å². The Morgan fingerprint density at radius 3 is 2.69 bits per heavy atom. The van der Waals surface area contributed by atoms with E-state index < -0.39 is 11.3 Å². The maximum Gasteiger partial charge on any atom is 0.263 e. The minimum Gasteiger partial charge on any atom is -0.506 e. The van der Waals surface area contributed by atoms with Gasteiger partial charge in [-0.25, -0.2) is 0 Å². The maximum atomic E-state index is 11.5. The molecular weight excluding hydrogens is 206 g/mol. The average Bonchev–Trinajstić information content (AvgIpc) is 2.19. The van der Waals surface area contributed by atoms with E-state index in [9.17, 15) is 14.7 Å². The second-order valence-corrected chi connectivity index (χ2v) is 3.78. The molecule has 0 unspecified atom stereocenters. The molecule has 0 aliphatic heterocycles. The number of aryl methyl sites for hydroxylation is 1. The number of pyridine rings is 1. The number of aromatic amines is 1. The van der Waals surface area contributed by atoms with Gasteiger partial charge in [-0.1, -0.05) is 11.6 Å². The third-order valence-electron chi connectivity index (χ3n) is 2.49. The molecule has 0 atom stereocenters. The van der Waals surface area contributed by atoms with Gasteiger partial charge >= 0.3 is 0 Å². The number of H-pyrrole nitrogens is 1. The number of aromatic nitrogens is 1. The van der Waals surface area contributed by atoms with Crippen molar-refractivity contribution in [2.24, 2.45) is 0 Å². The van der Waals surface area contributed by atoms with Crippen LogP contribution >= 0.6 is 0 Å². The zero-order valence-electron chi connectivity index (χ0n) is 9.00. The summed E-state index contributed by atoms with van der Waals surface area (Å²) < 4.78 is 0. The summed E-state index contributed by atoms with van der Waals surface area (Å²) >= 11 is 0. The zero-order valence-corrected chi connectivity index (χ0v) is 9.00. The fourth-order valence-corrected chi connectivity index (χ4v) is 1.72. The third-order valence-corrected chi connectivity index (χ3v) is 2.49. The molecule has 0 bridgehead atoms. The van der Waals surface area contributed by atoms with Crippen molar-refractivity contribution in [3.8, 4) is 5.75 Å². The van der Waals surface area contributed by atoms with Crippen LogP contribution in [-0.4, -0.2) is 15.9 Å². The van der Waals surface area contributed by atoms with Gasteiger partial charge in [-0.3, -0.25) is 9.59 Å². The van der Waals surface area contributed by atoms with Gasteiger partial charge in [-0.05, 0) is 26.0 Å². The summed E-state index contributed by atoms with van der Waals surface area (Å²) in [5, 5.41) is 10.4. The molecule has 2 rings (SSSR count). The van der Waals surface area contributed by atoms with E-state index in [1.54, 1.807) is 12.1 Å². The van der Waals surface area contributed by atoms with Crippen LogP contribution < -0.4 is 5.56 Å². The van der Waals surface area contributed by atoms with E-state index in [1.807, 2.05) is 13.0 Å². The number of fused-ring (bicyclic) bond motifs is 1. The summed E-state index contributed by atoms with van der Waals surface area (Å²) in [7, 11) is 0. The molecule has 0 saturated heterocycles. The largest absolute Gasteiger partial charge is 0.506 e. The highest BCUT2D eigenvalue weighted by Gasteiger charge is 2.15. The molecule has 1 aromatic carbocycles. The Hall–Kier alpha value is -2.10. The second-order valence-electron chi connectivity index (χ2n) is 3.78. The number of rotatable bonds is 1. The fourth-order valence-electron chi connectivity index (χ4n) is 1.72. The molecule has 2 aromatic rings. The average molecular weight is 217 g/mol. The van der Waals surface area contributed by atoms with Crippen molar-refractivity contribution in [3.63, 3.8) is 0 Å². The van der Waals surface area contributed by atoms with Gasteiger partial charge in [0.05, 0.1) is 5.52 Å². The summed E-state index contributed by atoms with van der Waals surface area (Å²) in [6.07, 6.45) is 0. The first-order valence-corrected chi connectivity index (χ1v) is 4.87. The molecule has 1 aromatic heterocycles. The number of ketones is 1. The van der Waals surface area contributed by atoms with Crippen LogP contribution in [0.15, 0.2) is 23.0 Å². The monoisotopic (exact) mass is 217 g/mol. The minimum atomic E-state index is -0.554. The van der Waals surface area contributed by atoms with E-state index in [1.165, 1.54) is 6.92 Å². The van der Waals surface area contributed by atoms with Crippen molar-refractivity contribution >= 4 is 16.7 Å². The van der Waals surface area contributed by atoms with E-state index >= 15 is 0 Å². The number of hydrogen-bond donors (Lipinski definition) is 2. The Balaban J connectivity index is 2.96. The Bertz CT molecular complexity index is 640. The highest BCUT2D eigenvalue weighted by molar-refractivity contribution is 6.02. The SMILES string of the molecule is CC(=O)c1c(O)c2cc(C)ccc2[nH]c1=O. The molecule has 0 radical (unpaired) electrons. The van der Waals surface area contributed by atoms with E-state index in [0.29, 0.717) is 10.9 Å². The van der Waals surface area contributed by atoms with Crippen LogP contribution in [0.5, 0.6) is 5.75 Å². The van der Waals surface area contributed by atoms with Crippen LogP contribution in [0.1, 0.15) is 22.8 Å². The van der Waals surface area contributed by atoms with Crippen LogP contribution in [0.3, 0.4) is 0 Å². The lowest BCUT2D eigenvalue weighted by Gasteiger charge is -2.05. The minimum absolute atomic E-state index is 0.182. The van der Waals surface area contributed by atoms with Crippen molar-refractivity contribution in [1.29, 1.82) is 0 Å². The van der Waals surface area contributed by atoms with E-state index in [2.05, 4.69) is 4.98 Å². The number of carbonyl (C=O) groups is 1. The van der Waals surface area contributed by atoms with Gasteiger partial charge in [-0.15, -0.1) is 0 Å². The summed E-state index contributed by atoms with van der Waals surface area (Å²) in [6, 6.07) is 5.26. The first kappa shape index (κ1) is 10.4. The van der Waals surface area contributed by atoms with Crippen LogP contribution in [0, 0.1) is 6.92 Å². The first-order chi connectivity index (χ1) is 7.50. The number of carbonyl (C=O) groups excluding carboxylic acids is 1. The maximum absolute atomic E-state index is 11.5. The zero-order chi connectivity index (χ0) is 11.9. The van der Waals surface area contributed by atoms with Gasteiger partial charge in [0.2, 0.25) is 0 Å². The summed E-state index contributed by atoms with van der Waals surface area (Å²) in [4.78, 5) is 25.4. The molecule has 0 spiro atoms. The third kappa shape index (κ3) is 1.48. The molecule has 0 aliphatic rings. The lowest BCUT2D eigenvalue weighted by atomic mass is 10.1. The van der Waals surface area contributed by atoms with Crippen molar-refractivity contribution < 1.29 is 9.90 Å². The topological polar surface area (TPSA) is 70.2 Å². The van der Waals surface area contributed by atoms with Gasteiger partial charge in [0.1, 0.15) is 11.3 Å². The van der Waals surface area contributed by atoms with Gasteiger partial charge in [0.25, 0.3) is 5.56 Å². The fraction of sp³-hybridized carbons (Fsp3) is 0.167. The molecule has 0 amide bonds. The van der Waals surface area contributed by atoms with Crippen LogP contribution in [0.25, 0.3) is 10.9 Å². The Labute approximate surface area is 91.5 Å². The highest BCUT2D eigenvalue weighted by atomic mass is 16.3. The molecule has 0 fully saturated rings. The number of benzene rings is 1. The van der Waals surface area contributed by atoms with E-state index in [-0.39, 0.29) is 11.3 Å².